The maximum Gasteiger partial charge on any atom is 0.190 e. The van der Waals surface area contributed by atoms with Crippen LogP contribution in [0.15, 0.2) is 36.4 Å². The van der Waals surface area contributed by atoms with Crippen LogP contribution < -0.4 is 0 Å². The third-order valence-electron chi connectivity index (χ3n) is 3.02. The van der Waals surface area contributed by atoms with Crippen molar-refractivity contribution in [3.05, 3.63) is 47.5 Å². The maximum atomic E-state index is 11.7. The lowest BCUT2D eigenvalue weighted by atomic mass is 9.90. The summed E-state index contributed by atoms with van der Waals surface area (Å²) < 4.78 is 0. The van der Waals surface area contributed by atoms with Gasteiger partial charge in [0.05, 0.1) is 10.9 Å². The summed E-state index contributed by atoms with van der Waals surface area (Å²) in [6.07, 6.45) is 2.30. The van der Waals surface area contributed by atoms with Gasteiger partial charge in [-0.15, -0.1) is 0 Å². The van der Waals surface area contributed by atoms with Crippen molar-refractivity contribution in [2.45, 2.75) is 0 Å². The van der Waals surface area contributed by atoms with Gasteiger partial charge in [-0.3, -0.25) is 9.59 Å². The number of benzene rings is 2. The Labute approximate surface area is 102 Å². The molecular formula is C14H8O4. The minimum absolute atomic E-state index is 0.0449. The van der Waals surface area contributed by atoms with Crippen LogP contribution in [0.1, 0.15) is 20.7 Å². The molecule has 4 heteroatoms. The number of allylic oxidation sites excluding steroid dienone is 2. The fourth-order valence-corrected chi connectivity index (χ4v) is 2.18. The molecule has 0 radical (unpaired) electrons. The van der Waals surface area contributed by atoms with E-state index in [2.05, 4.69) is 0 Å². The molecule has 18 heavy (non-hydrogen) atoms. The smallest absolute Gasteiger partial charge is 0.190 e. The molecule has 2 N–H and O–H groups in total. The van der Waals surface area contributed by atoms with Gasteiger partial charge in [0, 0.05) is 5.56 Å². The van der Waals surface area contributed by atoms with Crippen molar-refractivity contribution >= 4 is 22.3 Å². The first-order valence-electron chi connectivity index (χ1n) is 5.34. The molecule has 0 unspecified atom stereocenters. The van der Waals surface area contributed by atoms with Gasteiger partial charge in [-0.05, 0) is 29.7 Å². The largest absolute Gasteiger partial charge is 0.507 e. The van der Waals surface area contributed by atoms with E-state index in [1.165, 1.54) is 18.2 Å². The van der Waals surface area contributed by atoms with E-state index in [1.807, 2.05) is 0 Å². The predicted octanol–water partition coefficient (Wildman–Crippen LogP) is 2.19. The SMILES string of the molecule is O=C1C=CC(=O)c2c1cc1cccc(O)c1c2O. The third kappa shape index (κ3) is 1.26. The summed E-state index contributed by atoms with van der Waals surface area (Å²) in [4.78, 5) is 23.4. The second-order valence-electron chi connectivity index (χ2n) is 4.08. The number of hydrogen-bond donors (Lipinski definition) is 2. The standard InChI is InChI=1S/C14H8O4/c15-9-4-5-11(17)13-8(9)6-7-2-1-3-10(16)12(7)14(13)18/h1-6,16,18H. The summed E-state index contributed by atoms with van der Waals surface area (Å²) in [5, 5.41) is 20.5. The monoisotopic (exact) mass is 240 g/mol. The van der Waals surface area contributed by atoms with Gasteiger partial charge in [-0.2, -0.15) is 0 Å². The van der Waals surface area contributed by atoms with Crippen molar-refractivity contribution in [1.82, 2.24) is 0 Å². The molecule has 1 aliphatic carbocycles. The molecule has 0 aliphatic heterocycles. The summed E-state index contributed by atoms with van der Waals surface area (Å²) in [6.45, 7) is 0. The Kier molecular flexibility index (Phi) is 2.01. The first kappa shape index (κ1) is 10.5. The van der Waals surface area contributed by atoms with Crippen LogP contribution in [0.3, 0.4) is 0 Å². The van der Waals surface area contributed by atoms with Gasteiger partial charge in [-0.25, -0.2) is 0 Å². The van der Waals surface area contributed by atoms with Crippen LogP contribution in [0, 0.1) is 0 Å². The van der Waals surface area contributed by atoms with Gasteiger partial charge in [0.2, 0.25) is 0 Å². The zero-order valence-corrected chi connectivity index (χ0v) is 9.18. The van der Waals surface area contributed by atoms with Crippen molar-refractivity contribution in [3.63, 3.8) is 0 Å². The van der Waals surface area contributed by atoms with Gasteiger partial charge in [0.15, 0.2) is 11.6 Å². The molecule has 0 spiro atoms. The number of ketones is 2. The Morgan fingerprint density at radius 2 is 1.67 bits per heavy atom. The Balaban J connectivity index is 2.51. The zero-order chi connectivity index (χ0) is 12.9. The van der Waals surface area contributed by atoms with Crippen molar-refractivity contribution < 1.29 is 19.8 Å². The van der Waals surface area contributed by atoms with Crippen LogP contribution in [0.25, 0.3) is 10.8 Å². The van der Waals surface area contributed by atoms with E-state index in [1.54, 1.807) is 12.1 Å². The van der Waals surface area contributed by atoms with Crippen molar-refractivity contribution in [2.75, 3.05) is 0 Å². The number of fused-ring (bicyclic) bond motifs is 2. The molecule has 2 aromatic rings. The van der Waals surface area contributed by atoms with Crippen molar-refractivity contribution in [1.29, 1.82) is 0 Å². The van der Waals surface area contributed by atoms with Crippen LogP contribution in [0.5, 0.6) is 11.5 Å². The average molecular weight is 240 g/mol. The first-order chi connectivity index (χ1) is 8.59. The van der Waals surface area contributed by atoms with E-state index in [0.29, 0.717) is 5.39 Å². The van der Waals surface area contributed by atoms with Gasteiger partial charge in [-0.1, -0.05) is 12.1 Å². The van der Waals surface area contributed by atoms with E-state index in [9.17, 15) is 19.8 Å². The summed E-state index contributed by atoms with van der Waals surface area (Å²) in [5.41, 5.74) is 0.120. The molecule has 0 aromatic heterocycles. The zero-order valence-electron chi connectivity index (χ0n) is 9.18. The average Bonchev–Trinajstić information content (AvgIpc) is 2.34. The highest BCUT2D eigenvalue weighted by Gasteiger charge is 2.25. The Bertz CT molecular complexity index is 741. The van der Waals surface area contributed by atoms with E-state index < -0.39 is 5.78 Å². The van der Waals surface area contributed by atoms with Crippen LogP contribution in [-0.2, 0) is 0 Å². The van der Waals surface area contributed by atoms with Gasteiger partial charge >= 0.3 is 0 Å². The molecule has 1 aliphatic rings. The number of carbonyl (C=O) groups is 2. The molecule has 0 saturated heterocycles. The molecule has 0 fully saturated rings. The first-order valence-corrected chi connectivity index (χ1v) is 5.34. The molecule has 0 atom stereocenters. The molecular weight excluding hydrogens is 232 g/mol. The number of phenols is 2. The minimum atomic E-state index is -0.438. The molecule has 3 rings (SSSR count). The van der Waals surface area contributed by atoms with Crippen LogP contribution in [0.4, 0.5) is 0 Å². The van der Waals surface area contributed by atoms with E-state index in [4.69, 9.17) is 0 Å². The van der Waals surface area contributed by atoms with Crippen LogP contribution in [-0.4, -0.2) is 21.8 Å². The van der Waals surface area contributed by atoms with Crippen LogP contribution in [0.2, 0.25) is 0 Å². The van der Waals surface area contributed by atoms with Crippen molar-refractivity contribution in [3.8, 4) is 11.5 Å². The molecule has 2 aromatic carbocycles. The normalized spacial score (nSPS) is 14.0. The molecule has 4 nitrogen and oxygen atoms in total. The molecule has 0 amide bonds. The second-order valence-corrected chi connectivity index (χ2v) is 4.08. The number of hydrogen-bond acceptors (Lipinski definition) is 4. The van der Waals surface area contributed by atoms with Gasteiger partial charge in [0.1, 0.15) is 11.5 Å². The fraction of sp³-hybridized carbons (Fsp3) is 0. The minimum Gasteiger partial charge on any atom is -0.507 e. The Morgan fingerprint density at radius 1 is 0.944 bits per heavy atom. The number of phenolic OH excluding ortho intramolecular Hbond substituents is 2. The quantitative estimate of drug-likeness (QED) is 0.740. The van der Waals surface area contributed by atoms with Crippen molar-refractivity contribution in [2.24, 2.45) is 0 Å². The number of rotatable bonds is 0. The lowest BCUT2D eigenvalue weighted by molar-refractivity contribution is 0.0992. The van der Waals surface area contributed by atoms with E-state index >= 15 is 0 Å². The maximum absolute atomic E-state index is 11.7. The molecule has 0 bridgehead atoms. The number of carbonyl (C=O) groups excluding carboxylic acids is 2. The van der Waals surface area contributed by atoms with Crippen LogP contribution >= 0.6 is 0 Å². The third-order valence-corrected chi connectivity index (χ3v) is 3.02. The summed E-state index contributed by atoms with van der Waals surface area (Å²) in [5.74, 6) is -1.23. The van der Waals surface area contributed by atoms with E-state index in [-0.39, 0.29) is 33.8 Å². The highest BCUT2D eigenvalue weighted by Crippen LogP contribution is 2.38. The van der Waals surface area contributed by atoms with Gasteiger partial charge in [0.25, 0.3) is 0 Å². The molecule has 88 valence electrons. The molecule has 0 heterocycles. The number of aromatic hydroxyl groups is 2. The highest BCUT2D eigenvalue weighted by molar-refractivity contribution is 6.25. The van der Waals surface area contributed by atoms with Gasteiger partial charge < -0.3 is 10.2 Å². The van der Waals surface area contributed by atoms with E-state index in [0.717, 1.165) is 6.08 Å². The fourth-order valence-electron chi connectivity index (χ4n) is 2.18. The predicted molar refractivity (Wildman–Crippen MR) is 65.1 cm³/mol. The summed E-state index contributed by atoms with van der Waals surface area (Å²) >= 11 is 0. The topological polar surface area (TPSA) is 74.6 Å². The molecule has 0 saturated carbocycles. The lowest BCUT2D eigenvalue weighted by Gasteiger charge is -2.13. The Morgan fingerprint density at radius 3 is 2.44 bits per heavy atom. The lowest BCUT2D eigenvalue weighted by Crippen LogP contribution is -2.11. The summed E-state index contributed by atoms with van der Waals surface area (Å²) in [7, 11) is 0. The summed E-state index contributed by atoms with van der Waals surface area (Å²) in [6, 6.07) is 6.19. The Hall–Kier alpha value is -2.62. The second kappa shape index (κ2) is 3.43. The highest BCUT2D eigenvalue weighted by atomic mass is 16.3.